The van der Waals surface area contributed by atoms with Gasteiger partial charge in [-0.1, -0.05) is 41.1 Å². The molecule has 0 radical (unpaired) electrons. The molecule has 0 saturated heterocycles. The second-order valence-electron chi connectivity index (χ2n) is 5.16. The van der Waals surface area contributed by atoms with Gasteiger partial charge in [-0.15, -0.1) is 5.10 Å². The van der Waals surface area contributed by atoms with Crippen LogP contribution in [0.15, 0.2) is 48.5 Å². The van der Waals surface area contributed by atoms with Crippen LogP contribution in [-0.2, 0) is 6.61 Å². The van der Waals surface area contributed by atoms with Crippen LogP contribution < -0.4 is 0 Å². The van der Waals surface area contributed by atoms with E-state index in [1.54, 1.807) is 4.68 Å². The van der Waals surface area contributed by atoms with Crippen molar-refractivity contribution in [2.24, 2.45) is 0 Å². The lowest BCUT2D eigenvalue weighted by molar-refractivity contribution is 0.277. The molecule has 0 aliphatic heterocycles. The van der Waals surface area contributed by atoms with E-state index in [9.17, 15) is 5.11 Å². The Morgan fingerprint density at radius 2 is 1.71 bits per heavy atom. The van der Waals surface area contributed by atoms with Gasteiger partial charge >= 0.3 is 0 Å². The molecule has 106 valence electrons. The second kappa shape index (κ2) is 5.50. The molecule has 0 fully saturated rings. The highest BCUT2D eigenvalue weighted by atomic mass is 16.3. The Bertz CT molecular complexity index is 777. The highest BCUT2D eigenvalue weighted by Gasteiger charge is 2.15. The summed E-state index contributed by atoms with van der Waals surface area (Å²) in [4.78, 5) is 0. The first-order chi connectivity index (χ1) is 10.2. The predicted octanol–water partition coefficient (Wildman–Crippen LogP) is 3.04. The maximum absolute atomic E-state index is 9.55. The normalized spacial score (nSPS) is 10.8. The van der Waals surface area contributed by atoms with Crippen LogP contribution in [0.25, 0.3) is 16.9 Å². The number of aliphatic hydroxyl groups excluding tert-OH is 1. The van der Waals surface area contributed by atoms with Crippen LogP contribution in [0.3, 0.4) is 0 Å². The van der Waals surface area contributed by atoms with E-state index in [0.29, 0.717) is 5.69 Å². The molecule has 1 heterocycles. The number of aryl methyl sites for hydroxylation is 2. The van der Waals surface area contributed by atoms with Crippen LogP contribution in [0.4, 0.5) is 0 Å². The SMILES string of the molecule is Cc1cccc(-c2c(CO)nnn2-c2cccc(C)c2)c1. The molecule has 0 aliphatic rings. The van der Waals surface area contributed by atoms with Crippen LogP contribution in [0.2, 0.25) is 0 Å². The highest BCUT2D eigenvalue weighted by Crippen LogP contribution is 2.26. The van der Waals surface area contributed by atoms with Crippen molar-refractivity contribution in [2.45, 2.75) is 20.5 Å². The minimum absolute atomic E-state index is 0.130. The Labute approximate surface area is 123 Å². The van der Waals surface area contributed by atoms with Crippen LogP contribution in [0.1, 0.15) is 16.8 Å². The minimum Gasteiger partial charge on any atom is -0.390 e. The first-order valence-electron chi connectivity index (χ1n) is 6.88. The smallest absolute Gasteiger partial charge is 0.117 e. The minimum atomic E-state index is -0.130. The molecule has 3 aromatic rings. The Kier molecular flexibility index (Phi) is 3.54. The molecular formula is C17H17N3O. The molecule has 0 bridgehead atoms. The zero-order valence-electron chi connectivity index (χ0n) is 12.1. The molecule has 1 N–H and O–H groups in total. The van der Waals surface area contributed by atoms with Crippen molar-refractivity contribution < 1.29 is 5.11 Å². The zero-order chi connectivity index (χ0) is 14.8. The van der Waals surface area contributed by atoms with Gasteiger partial charge in [0.1, 0.15) is 11.4 Å². The van der Waals surface area contributed by atoms with E-state index >= 15 is 0 Å². The van der Waals surface area contributed by atoms with Gasteiger partial charge in [-0.25, -0.2) is 4.68 Å². The fourth-order valence-electron chi connectivity index (χ4n) is 2.44. The van der Waals surface area contributed by atoms with Crippen LogP contribution in [0.5, 0.6) is 0 Å². The molecule has 1 aromatic heterocycles. The Morgan fingerprint density at radius 3 is 2.38 bits per heavy atom. The highest BCUT2D eigenvalue weighted by molar-refractivity contribution is 5.65. The van der Waals surface area contributed by atoms with Crippen molar-refractivity contribution in [1.82, 2.24) is 15.0 Å². The Hall–Kier alpha value is -2.46. The quantitative estimate of drug-likeness (QED) is 0.801. The van der Waals surface area contributed by atoms with Crippen molar-refractivity contribution in [3.8, 4) is 16.9 Å². The molecule has 4 heteroatoms. The Morgan fingerprint density at radius 1 is 1.00 bits per heavy atom. The first-order valence-corrected chi connectivity index (χ1v) is 6.88. The molecule has 0 saturated carbocycles. The Balaban J connectivity index is 2.21. The van der Waals surface area contributed by atoms with Crippen molar-refractivity contribution in [1.29, 1.82) is 0 Å². The summed E-state index contributed by atoms with van der Waals surface area (Å²) >= 11 is 0. The third-order valence-corrected chi connectivity index (χ3v) is 3.43. The molecule has 3 rings (SSSR count). The fraction of sp³-hybridized carbons (Fsp3) is 0.176. The molecular weight excluding hydrogens is 262 g/mol. The molecule has 4 nitrogen and oxygen atoms in total. The number of benzene rings is 2. The lowest BCUT2D eigenvalue weighted by Crippen LogP contribution is -2.00. The summed E-state index contributed by atoms with van der Waals surface area (Å²) in [6, 6.07) is 16.2. The van der Waals surface area contributed by atoms with E-state index < -0.39 is 0 Å². The van der Waals surface area contributed by atoms with E-state index in [1.165, 1.54) is 0 Å². The van der Waals surface area contributed by atoms with Gasteiger partial charge in [0.05, 0.1) is 12.3 Å². The average Bonchev–Trinajstić information content (AvgIpc) is 2.91. The summed E-state index contributed by atoms with van der Waals surface area (Å²) in [5.74, 6) is 0. The molecule has 0 aliphatic carbocycles. The van der Waals surface area contributed by atoms with Gasteiger partial charge in [0.15, 0.2) is 0 Å². The van der Waals surface area contributed by atoms with E-state index in [-0.39, 0.29) is 6.61 Å². The van der Waals surface area contributed by atoms with Crippen molar-refractivity contribution >= 4 is 0 Å². The molecule has 2 aromatic carbocycles. The molecule has 0 amide bonds. The number of aliphatic hydroxyl groups is 1. The van der Waals surface area contributed by atoms with Gasteiger partial charge in [0.2, 0.25) is 0 Å². The summed E-state index contributed by atoms with van der Waals surface area (Å²) in [6.45, 7) is 3.96. The van der Waals surface area contributed by atoms with E-state index in [4.69, 9.17) is 0 Å². The van der Waals surface area contributed by atoms with Gasteiger partial charge in [0, 0.05) is 5.56 Å². The second-order valence-corrected chi connectivity index (χ2v) is 5.16. The summed E-state index contributed by atoms with van der Waals surface area (Å²) in [5, 5.41) is 17.9. The third-order valence-electron chi connectivity index (χ3n) is 3.43. The standard InChI is InChI=1S/C17H17N3O/c1-12-5-3-7-14(9-12)17-16(11-21)18-19-20(17)15-8-4-6-13(2)10-15/h3-10,21H,11H2,1-2H3. The van der Waals surface area contributed by atoms with Gasteiger partial charge < -0.3 is 5.11 Å². The van der Waals surface area contributed by atoms with Gasteiger partial charge in [0.25, 0.3) is 0 Å². The van der Waals surface area contributed by atoms with Gasteiger partial charge in [-0.2, -0.15) is 0 Å². The molecule has 0 atom stereocenters. The van der Waals surface area contributed by atoms with Gasteiger partial charge in [-0.05, 0) is 37.6 Å². The monoisotopic (exact) mass is 279 g/mol. The predicted molar refractivity (Wildman–Crippen MR) is 82.2 cm³/mol. The summed E-state index contributed by atoms with van der Waals surface area (Å²) < 4.78 is 1.79. The number of hydrogen-bond donors (Lipinski definition) is 1. The third kappa shape index (κ3) is 2.58. The van der Waals surface area contributed by atoms with Crippen molar-refractivity contribution in [2.75, 3.05) is 0 Å². The van der Waals surface area contributed by atoms with E-state index in [1.807, 2.05) is 50.2 Å². The molecule has 0 unspecified atom stereocenters. The van der Waals surface area contributed by atoms with Crippen LogP contribution in [0, 0.1) is 13.8 Å². The van der Waals surface area contributed by atoms with Gasteiger partial charge in [-0.3, -0.25) is 0 Å². The lowest BCUT2D eigenvalue weighted by Gasteiger charge is -2.09. The number of hydrogen-bond acceptors (Lipinski definition) is 3. The van der Waals surface area contributed by atoms with E-state index in [2.05, 4.69) is 22.4 Å². The maximum Gasteiger partial charge on any atom is 0.117 e. The summed E-state index contributed by atoms with van der Waals surface area (Å²) in [7, 11) is 0. The van der Waals surface area contributed by atoms with Crippen molar-refractivity contribution in [3.05, 3.63) is 65.4 Å². The zero-order valence-corrected chi connectivity index (χ0v) is 12.1. The largest absolute Gasteiger partial charge is 0.390 e. The number of rotatable bonds is 3. The molecule has 0 spiro atoms. The average molecular weight is 279 g/mol. The van der Waals surface area contributed by atoms with Crippen LogP contribution in [-0.4, -0.2) is 20.1 Å². The maximum atomic E-state index is 9.55. The topological polar surface area (TPSA) is 50.9 Å². The lowest BCUT2D eigenvalue weighted by atomic mass is 10.1. The van der Waals surface area contributed by atoms with E-state index in [0.717, 1.165) is 28.1 Å². The summed E-state index contributed by atoms with van der Waals surface area (Å²) in [6.07, 6.45) is 0. The molecule has 21 heavy (non-hydrogen) atoms. The van der Waals surface area contributed by atoms with Crippen LogP contribution >= 0.6 is 0 Å². The summed E-state index contributed by atoms with van der Waals surface area (Å²) in [5.41, 5.74) is 5.69. The van der Waals surface area contributed by atoms with Crippen molar-refractivity contribution in [3.63, 3.8) is 0 Å². The first kappa shape index (κ1) is 13.5. The number of nitrogens with zero attached hydrogens (tertiary/aromatic N) is 3. The fourth-order valence-corrected chi connectivity index (χ4v) is 2.44. The number of aromatic nitrogens is 3.